The highest BCUT2D eigenvalue weighted by molar-refractivity contribution is 7.26. The Balaban J connectivity index is 1.47. The summed E-state index contributed by atoms with van der Waals surface area (Å²) in [4.78, 5) is 10.9. The molecule has 8 aromatic rings. The lowest BCUT2D eigenvalue weighted by Crippen LogP contribution is -2.18. The van der Waals surface area contributed by atoms with Crippen molar-refractivity contribution >= 4 is 53.3 Å². The van der Waals surface area contributed by atoms with Crippen LogP contribution in [0, 0.1) is 0 Å². The summed E-state index contributed by atoms with van der Waals surface area (Å²) in [7, 11) is 0. The first kappa shape index (κ1) is 23.0. The molecule has 5 aromatic carbocycles. The maximum absolute atomic E-state index is 5.45. The Morgan fingerprint density at radius 2 is 1.29 bits per heavy atom. The van der Waals surface area contributed by atoms with E-state index in [2.05, 4.69) is 134 Å². The molecule has 4 heteroatoms. The Kier molecular flexibility index (Phi) is 4.55. The summed E-state index contributed by atoms with van der Waals surface area (Å²) in [5.41, 5.74) is 8.92. The second-order valence-corrected chi connectivity index (χ2v) is 12.5. The maximum atomic E-state index is 5.45. The third kappa shape index (κ3) is 3.03. The van der Waals surface area contributed by atoms with Crippen molar-refractivity contribution in [3.8, 4) is 28.5 Å². The molecule has 3 heterocycles. The summed E-state index contributed by atoms with van der Waals surface area (Å²) in [5, 5.41) is 5.01. The molecule has 1 aliphatic rings. The van der Waals surface area contributed by atoms with E-state index in [1.54, 1.807) is 0 Å². The maximum Gasteiger partial charge on any atom is 0.235 e. The number of fused-ring (bicyclic) bond motifs is 10. The fourth-order valence-corrected chi connectivity index (χ4v) is 8.19. The lowest BCUT2D eigenvalue weighted by molar-refractivity contribution is 0.657. The summed E-state index contributed by atoms with van der Waals surface area (Å²) in [6.45, 7) is 4.60. The van der Waals surface area contributed by atoms with Gasteiger partial charge in [-0.2, -0.15) is 0 Å². The summed E-state index contributed by atoms with van der Waals surface area (Å²) < 4.78 is 4.87. The van der Waals surface area contributed by atoms with E-state index in [0.717, 1.165) is 22.5 Å². The zero-order chi connectivity index (χ0) is 27.3. The van der Waals surface area contributed by atoms with E-state index in [1.165, 1.54) is 53.2 Å². The van der Waals surface area contributed by atoms with Crippen LogP contribution in [0.2, 0.25) is 0 Å². The standard InChI is InChI=1S/C37H25N3S/c1-37(2)28-17-9-6-16-27(28)33-31(37)32(22-12-4-3-5-13-22)38-36(39-33)40-29-18-10-7-14-23(29)25-20-21-26-24-15-8-11-19-30(24)41-35(26)34(25)40/h3-21H,1-2H3. The van der Waals surface area contributed by atoms with Gasteiger partial charge >= 0.3 is 0 Å². The molecular formula is C37H25N3S. The highest BCUT2D eigenvalue weighted by Crippen LogP contribution is 2.51. The van der Waals surface area contributed by atoms with Crippen LogP contribution >= 0.6 is 11.3 Å². The number of thiophene rings is 1. The van der Waals surface area contributed by atoms with Crippen LogP contribution < -0.4 is 0 Å². The number of hydrogen-bond acceptors (Lipinski definition) is 3. The van der Waals surface area contributed by atoms with E-state index in [-0.39, 0.29) is 5.41 Å². The lowest BCUT2D eigenvalue weighted by atomic mass is 9.81. The number of nitrogens with zero attached hydrogens (tertiary/aromatic N) is 3. The van der Waals surface area contributed by atoms with Gasteiger partial charge in [0.25, 0.3) is 0 Å². The molecule has 0 fully saturated rings. The van der Waals surface area contributed by atoms with Crippen molar-refractivity contribution in [1.82, 2.24) is 14.5 Å². The van der Waals surface area contributed by atoms with Gasteiger partial charge < -0.3 is 0 Å². The van der Waals surface area contributed by atoms with Crippen molar-refractivity contribution in [2.75, 3.05) is 0 Å². The number of hydrogen-bond donors (Lipinski definition) is 0. The quantitative estimate of drug-likeness (QED) is 0.217. The van der Waals surface area contributed by atoms with Gasteiger partial charge in [-0.1, -0.05) is 117 Å². The van der Waals surface area contributed by atoms with E-state index < -0.39 is 0 Å². The molecule has 0 saturated heterocycles. The van der Waals surface area contributed by atoms with Crippen molar-refractivity contribution in [2.24, 2.45) is 0 Å². The molecule has 0 amide bonds. The number of aromatic nitrogens is 3. The molecule has 0 spiro atoms. The molecule has 0 saturated carbocycles. The average Bonchev–Trinajstić information content (AvgIpc) is 3.64. The lowest BCUT2D eigenvalue weighted by Gasteiger charge is -2.24. The van der Waals surface area contributed by atoms with E-state index >= 15 is 0 Å². The highest BCUT2D eigenvalue weighted by atomic mass is 32.1. The molecule has 1 aliphatic carbocycles. The zero-order valence-corrected chi connectivity index (χ0v) is 23.5. The molecule has 0 unspecified atom stereocenters. The summed E-state index contributed by atoms with van der Waals surface area (Å²) >= 11 is 1.85. The van der Waals surface area contributed by atoms with Crippen LogP contribution in [0.5, 0.6) is 0 Å². The highest BCUT2D eigenvalue weighted by Gasteiger charge is 2.40. The third-order valence-electron chi connectivity index (χ3n) is 8.80. The van der Waals surface area contributed by atoms with Crippen LogP contribution in [0.1, 0.15) is 25.0 Å². The van der Waals surface area contributed by atoms with Crippen LogP contribution in [-0.2, 0) is 5.41 Å². The van der Waals surface area contributed by atoms with Gasteiger partial charge in [-0.15, -0.1) is 11.3 Å². The van der Waals surface area contributed by atoms with E-state index in [9.17, 15) is 0 Å². The SMILES string of the molecule is CC1(C)c2ccccc2-c2nc(-n3c4ccccc4c4ccc5c6ccccc6sc5c43)nc(-c3ccccc3)c21. The predicted octanol–water partition coefficient (Wildman–Crippen LogP) is 9.91. The minimum atomic E-state index is -0.213. The number of rotatable bonds is 2. The molecule has 41 heavy (non-hydrogen) atoms. The Hall–Kier alpha value is -4.80. The van der Waals surface area contributed by atoms with Crippen LogP contribution in [-0.4, -0.2) is 14.5 Å². The average molecular weight is 544 g/mol. The predicted molar refractivity (Wildman–Crippen MR) is 172 cm³/mol. The Morgan fingerprint density at radius 1 is 0.610 bits per heavy atom. The van der Waals surface area contributed by atoms with Crippen LogP contribution in [0.25, 0.3) is 70.4 Å². The Labute approximate surface area is 241 Å². The van der Waals surface area contributed by atoms with Gasteiger partial charge in [-0.3, -0.25) is 4.57 Å². The third-order valence-corrected chi connectivity index (χ3v) is 10.00. The topological polar surface area (TPSA) is 30.7 Å². The molecule has 194 valence electrons. The summed E-state index contributed by atoms with van der Waals surface area (Å²) in [6.07, 6.45) is 0. The minimum Gasteiger partial charge on any atom is -0.276 e. The monoisotopic (exact) mass is 543 g/mol. The van der Waals surface area contributed by atoms with Gasteiger partial charge in [-0.05, 0) is 17.7 Å². The smallest absolute Gasteiger partial charge is 0.235 e. The first-order valence-electron chi connectivity index (χ1n) is 14.0. The normalized spacial score (nSPS) is 13.8. The summed E-state index contributed by atoms with van der Waals surface area (Å²) in [5.74, 6) is 0.714. The van der Waals surface area contributed by atoms with Crippen molar-refractivity contribution in [3.63, 3.8) is 0 Å². The largest absolute Gasteiger partial charge is 0.276 e. The van der Waals surface area contributed by atoms with Gasteiger partial charge in [0, 0.05) is 48.4 Å². The van der Waals surface area contributed by atoms with Crippen molar-refractivity contribution in [2.45, 2.75) is 19.3 Å². The second-order valence-electron chi connectivity index (χ2n) is 11.4. The van der Waals surface area contributed by atoms with E-state index in [0.29, 0.717) is 5.95 Å². The molecule has 0 atom stereocenters. The van der Waals surface area contributed by atoms with Crippen LogP contribution in [0.4, 0.5) is 0 Å². The van der Waals surface area contributed by atoms with E-state index in [4.69, 9.17) is 9.97 Å². The first-order valence-corrected chi connectivity index (χ1v) is 14.8. The van der Waals surface area contributed by atoms with Gasteiger partial charge in [-0.25, -0.2) is 9.97 Å². The first-order chi connectivity index (χ1) is 20.1. The molecule has 0 N–H and O–H groups in total. The molecule has 9 rings (SSSR count). The minimum absolute atomic E-state index is 0.213. The van der Waals surface area contributed by atoms with Crippen molar-refractivity contribution in [3.05, 3.63) is 126 Å². The molecule has 0 bridgehead atoms. The Bertz CT molecular complexity index is 2340. The van der Waals surface area contributed by atoms with Gasteiger partial charge in [0.15, 0.2) is 0 Å². The molecule has 3 nitrogen and oxygen atoms in total. The van der Waals surface area contributed by atoms with Gasteiger partial charge in [0.1, 0.15) is 0 Å². The molecule has 0 radical (unpaired) electrons. The van der Waals surface area contributed by atoms with Crippen molar-refractivity contribution < 1.29 is 0 Å². The summed E-state index contributed by atoms with van der Waals surface area (Å²) in [6, 6.07) is 41.2. The zero-order valence-electron chi connectivity index (χ0n) is 22.7. The molecular weight excluding hydrogens is 518 g/mol. The molecule has 3 aromatic heterocycles. The van der Waals surface area contributed by atoms with Gasteiger partial charge in [0.05, 0.1) is 27.1 Å². The Morgan fingerprint density at radius 3 is 2.17 bits per heavy atom. The fraction of sp³-hybridized carbons (Fsp3) is 0.0811. The van der Waals surface area contributed by atoms with Crippen LogP contribution in [0.3, 0.4) is 0 Å². The van der Waals surface area contributed by atoms with E-state index in [1.807, 2.05) is 11.3 Å². The second kappa shape index (κ2) is 8.12. The fourth-order valence-electron chi connectivity index (χ4n) is 6.95. The molecule has 0 aliphatic heterocycles. The van der Waals surface area contributed by atoms with Gasteiger partial charge in [0.2, 0.25) is 5.95 Å². The van der Waals surface area contributed by atoms with Crippen molar-refractivity contribution in [1.29, 1.82) is 0 Å². The number of para-hydroxylation sites is 1. The van der Waals surface area contributed by atoms with Crippen LogP contribution in [0.15, 0.2) is 115 Å². The number of benzene rings is 5.